The van der Waals surface area contributed by atoms with Crippen molar-refractivity contribution in [2.75, 3.05) is 0 Å². The van der Waals surface area contributed by atoms with Crippen LogP contribution in [0.3, 0.4) is 0 Å². The molecular formula is C36H28O16. The van der Waals surface area contributed by atoms with Crippen LogP contribution in [0.25, 0.3) is 10.8 Å². The summed E-state index contributed by atoms with van der Waals surface area (Å²) in [5.74, 6) is -8.28. The van der Waals surface area contributed by atoms with Gasteiger partial charge in [-0.3, -0.25) is 4.79 Å². The van der Waals surface area contributed by atoms with Crippen molar-refractivity contribution >= 4 is 16.7 Å². The smallest absolute Gasteiger partial charge is 0.339 e. The van der Waals surface area contributed by atoms with Crippen molar-refractivity contribution in [3.63, 3.8) is 0 Å². The first-order valence-electron chi connectivity index (χ1n) is 15.4. The zero-order valence-corrected chi connectivity index (χ0v) is 26.4. The van der Waals surface area contributed by atoms with E-state index in [1.165, 1.54) is 18.2 Å². The van der Waals surface area contributed by atoms with Crippen molar-refractivity contribution in [2.24, 2.45) is 0 Å². The lowest BCUT2D eigenvalue weighted by molar-refractivity contribution is -0.0777. The first-order valence-corrected chi connectivity index (χ1v) is 15.4. The Bertz CT molecular complexity index is 2370. The van der Waals surface area contributed by atoms with Crippen LogP contribution in [0.15, 0.2) is 59.4 Å². The van der Waals surface area contributed by atoms with E-state index in [-0.39, 0.29) is 69.2 Å². The molecule has 0 saturated heterocycles. The summed E-state index contributed by atoms with van der Waals surface area (Å²) in [6.45, 7) is -0.328. The minimum absolute atomic E-state index is 0.0385. The highest BCUT2D eigenvalue weighted by Crippen LogP contribution is 2.50. The van der Waals surface area contributed by atoms with Crippen molar-refractivity contribution < 1.29 is 75.2 Å². The van der Waals surface area contributed by atoms with Crippen LogP contribution in [0.2, 0.25) is 0 Å². The van der Waals surface area contributed by atoms with E-state index >= 15 is 0 Å². The maximum absolute atomic E-state index is 13.6. The molecule has 0 aliphatic carbocycles. The Labute approximate surface area is 290 Å². The number of aliphatic hydroxyl groups excluding tert-OH is 1. The Morgan fingerprint density at radius 1 is 0.692 bits per heavy atom. The van der Waals surface area contributed by atoms with E-state index in [1.54, 1.807) is 0 Å². The number of ether oxygens (including phenoxy) is 3. The average Bonchev–Trinajstić information content (AvgIpc) is 3.20. The fourth-order valence-corrected chi connectivity index (χ4v) is 6.61. The molecule has 16 nitrogen and oxygen atoms in total. The fourth-order valence-electron chi connectivity index (χ4n) is 6.61. The zero-order chi connectivity index (χ0) is 37.3. The number of carbonyl (C=O) groups excluding carboxylic acids is 1. The molecule has 5 aromatic rings. The van der Waals surface area contributed by atoms with Crippen LogP contribution in [0, 0.1) is 0 Å². The van der Waals surface area contributed by atoms with E-state index in [0.717, 1.165) is 36.4 Å². The van der Waals surface area contributed by atoms with Crippen LogP contribution < -0.4 is 10.2 Å². The molecule has 52 heavy (non-hydrogen) atoms. The zero-order valence-electron chi connectivity index (χ0n) is 26.4. The third-order valence-corrected chi connectivity index (χ3v) is 8.99. The summed E-state index contributed by atoms with van der Waals surface area (Å²) < 4.78 is 17.7. The summed E-state index contributed by atoms with van der Waals surface area (Å²) >= 11 is 0. The highest BCUT2D eigenvalue weighted by atomic mass is 16.6. The molecule has 0 aromatic heterocycles. The number of esters is 1. The maximum atomic E-state index is 13.6. The highest BCUT2D eigenvalue weighted by molar-refractivity contribution is 5.94. The van der Waals surface area contributed by atoms with Gasteiger partial charge in [-0.15, -0.1) is 0 Å². The molecule has 0 amide bonds. The lowest BCUT2D eigenvalue weighted by Gasteiger charge is -2.34. The van der Waals surface area contributed by atoms with E-state index in [2.05, 4.69) is 0 Å². The van der Waals surface area contributed by atoms with E-state index < -0.39 is 87.0 Å². The Morgan fingerprint density at radius 2 is 1.35 bits per heavy atom. The van der Waals surface area contributed by atoms with Crippen molar-refractivity contribution in [1.82, 2.24) is 0 Å². The number of phenols is 9. The largest absolute Gasteiger partial charge is 0.508 e. The number of hydrogen-bond acceptors (Lipinski definition) is 16. The van der Waals surface area contributed by atoms with Gasteiger partial charge in [-0.25, -0.2) is 4.79 Å². The summed E-state index contributed by atoms with van der Waals surface area (Å²) in [6.07, 6.45) is -6.22. The average molecular weight is 717 g/mol. The molecule has 0 saturated carbocycles. The number of phenolic OH excluding ortho intramolecular Hbond substituents is 9. The summed E-state index contributed by atoms with van der Waals surface area (Å²) in [6, 6.07) is 9.17. The first kappa shape index (κ1) is 33.7. The second-order valence-electron chi connectivity index (χ2n) is 12.3. The van der Waals surface area contributed by atoms with Gasteiger partial charge in [0.25, 0.3) is 0 Å². The van der Waals surface area contributed by atoms with Gasteiger partial charge < -0.3 is 70.4 Å². The number of aromatic hydroxyl groups is 10. The molecule has 0 fully saturated rings. The predicted molar refractivity (Wildman–Crippen MR) is 175 cm³/mol. The molecular weight excluding hydrogens is 688 g/mol. The van der Waals surface area contributed by atoms with Gasteiger partial charge in [0.1, 0.15) is 34.9 Å². The number of carbonyl (C=O) groups is 1. The van der Waals surface area contributed by atoms with E-state index in [0.29, 0.717) is 0 Å². The van der Waals surface area contributed by atoms with E-state index in [1.807, 2.05) is 0 Å². The fraction of sp³-hybridized carbons (Fsp3) is 0.167. The summed E-state index contributed by atoms with van der Waals surface area (Å²) in [4.78, 5) is 27.1. The summed E-state index contributed by atoms with van der Waals surface area (Å²) in [5.41, 5.74) is -1.62. The minimum atomic E-state index is -1.65. The highest BCUT2D eigenvalue weighted by Gasteiger charge is 2.40. The topological polar surface area (TPSA) is 284 Å². The van der Waals surface area contributed by atoms with Crippen molar-refractivity contribution in [3.05, 3.63) is 98.2 Å². The van der Waals surface area contributed by atoms with Crippen molar-refractivity contribution in [2.45, 2.75) is 37.4 Å². The molecule has 0 radical (unpaired) electrons. The molecule has 268 valence electrons. The molecule has 0 unspecified atom stereocenters. The predicted octanol–water partition coefficient (Wildman–Crippen LogP) is 3.46. The minimum Gasteiger partial charge on any atom is -0.508 e. The van der Waals surface area contributed by atoms with E-state index in [9.17, 15) is 65.8 Å². The normalized spacial score (nSPS) is 19.3. The molecule has 16 heteroatoms. The van der Waals surface area contributed by atoms with Gasteiger partial charge in [0, 0.05) is 41.3 Å². The third-order valence-electron chi connectivity index (χ3n) is 8.99. The van der Waals surface area contributed by atoms with Crippen molar-refractivity contribution in [1.29, 1.82) is 0 Å². The third kappa shape index (κ3) is 5.51. The first-order chi connectivity index (χ1) is 24.6. The SMILES string of the molecule is O=C(O[C@@H]1c2c(O)cc(O)cc2CO[C@@H]1c1cc(O)c(=O)c2c(O)c(O)cc([C@H]3Oc4cc(O)cc(O)c4C[C@H]3O)c2c1)c1cc(O)c(O)c(O)c1. The molecule has 7 rings (SSSR count). The molecule has 5 aromatic carbocycles. The number of hydrogen-bond donors (Lipinski definition) is 11. The summed E-state index contributed by atoms with van der Waals surface area (Å²) in [7, 11) is 0. The van der Waals surface area contributed by atoms with Crippen LogP contribution in [-0.2, 0) is 22.5 Å². The number of benzene rings is 4. The Morgan fingerprint density at radius 3 is 2.06 bits per heavy atom. The molecule has 4 atom stereocenters. The van der Waals surface area contributed by atoms with Crippen LogP contribution in [-0.4, -0.2) is 68.2 Å². The lowest BCUT2D eigenvalue weighted by atomic mass is 9.89. The van der Waals surface area contributed by atoms with Gasteiger partial charge in [0.2, 0.25) is 5.43 Å². The Balaban J connectivity index is 1.42. The number of aliphatic hydroxyl groups is 1. The summed E-state index contributed by atoms with van der Waals surface area (Å²) in [5, 5.41) is 114. The van der Waals surface area contributed by atoms with E-state index in [4.69, 9.17) is 14.2 Å². The van der Waals surface area contributed by atoms with Crippen molar-refractivity contribution in [3.8, 4) is 63.2 Å². The molecule has 0 spiro atoms. The Hall–Kier alpha value is -6.78. The van der Waals surface area contributed by atoms with Crippen LogP contribution in [0.1, 0.15) is 56.5 Å². The van der Waals surface area contributed by atoms with Crippen LogP contribution in [0.4, 0.5) is 0 Å². The lowest BCUT2D eigenvalue weighted by Crippen LogP contribution is -2.30. The van der Waals surface area contributed by atoms with Gasteiger partial charge in [0.05, 0.1) is 23.7 Å². The maximum Gasteiger partial charge on any atom is 0.339 e. The molecule has 0 bridgehead atoms. The van der Waals surface area contributed by atoms with Gasteiger partial charge in [-0.05, 0) is 52.9 Å². The van der Waals surface area contributed by atoms with Gasteiger partial charge in [-0.2, -0.15) is 0 Å². The van der Waals surface area contributed by atoms with Gasteiger partial charge in [0.15, 0.2) is 46.7 Å². The van der Waals surface area contributed by atoms with Gasteiger partial charge >= 0.3 is 5.97 Å². The quantitative estimate of drug-likeness (QED) is 0.0938. The Kier molecular flexibility index (Phi) is 7.92. The standard InChI is InChI=1S/C36H28O16/c37-15-1-14-11-50-33(35(28(14)21(40)7-15)52-36(49)13-4-22(41)30(46)23(42)5-13)12-2-17-18(9-25(44)32(48)29(17)31(47)24(43)3-12)34-26(45)10-19-20(39)6-16(38)8-27(19)51-34/h1-9,26,33-35,37-42,44-46,48H,10-11H2,(H,43,47)/t26-,33-,34-,35-/m1/s1. The van der Waals surface area contributed by atoms with Gasteiger partial charge in [-0.1, -0.05) is 0 Å². The molecule has 11 N–H and O–H groups in total. The molecule has 2 heterocycles. The second-order valence-corrected chi connectivity index (χ2v) is 12.3. The second kappa shape index (κ2) is 12.2. The molecule has 2 aliphatic heterocycles. The van der Waals surface area contributed by atoms with Crippen LogP contribution >= 0.6 is 0 Å². The molecule has 2 aliphatic rings. The number of fused-ring (bicyclic) bond motifs is 3. The van der Waals surface area contributed by atoms with Crippen LogP contribution in [0.5, 0.6) is 63.2 Å². The monoisotopic (exact) mass is 716 g/mol. The number of rotatable bonds is 4.